The highest BCUT2D eigenvalue weighted by Gasteiger charge is 2.38. The van der Waals surface area contributed by atoms with Gasteiger partial charge in [0, 0.05) is 57.3 Å². The lowest BCUT2D eigenvalue weighted by Crippen LogP contribution is -2.59. The topological polar surface area (TPSA) is 80.7 Å². The van der Waals surface area contributed by atoms with Gasteiger partial charge in [-0.25, -0.2) is 9.97 Å². The lowest BCUT2D eigenvalue weighted by Gasteiger charge is -2.42. The molecule has 3 aromatic rings. The van der Waals surface area contributed by atoms with Gasteiger partial charge in [-0.3, -0.25) is 0 Å². The number of ether oxygens (including phenoxy) is 1. The van der Waals surface area contributed by atoms with Gasteiger partial charge in [0.1, 0.15) is 18.7 Å². The van der Waals surface area contributed by atoms with Crippen LogP contribution in [-0.4, -0.2) is 46.9 Å². The van der Waals surface area contributed by atoms with Crippen molar-refractivity contribution in [1.29, 1.82) is 5.26 Å². The van der Waals surface area contributed by atoms with Crippen molar-refractivity contribution < 1.29 is 4.74 Å². The Morgan fingerprint density at radius 3 is 2.76 bits per heavy atom. The molecule has 0 radical (unpaired) electrons. The van der Waals surface area contributed by atoms with Crippen LogP contribution in [-0.2, 0) is 17.0 Å². The van der Waals surface area contributed by atoms with Crippen LogP contribution < -0.4 is 5.32 Å². The first kappa shape index (κ1) is 19.8. The fourth-order valence-electron chi connectivity index (χ4n) is 3.67. The second kappa shape index (κ2) is 7.75. The first-order chi connectivity index (χ1) is 13.9. The third-order valence-electron chi connectivity index (χ3n) is 5.61. The molecule has 1 N–H and O–H groups in total. The lowest BCUT2D eigenvalue weighted by molar-refractivity contribution is 0.0899. The second-order valence-electron chi connectivity index (χ2n) is 9.06. The van der Waals surface area contributed by atoms with Crippen LogP contribution in [0.1, 0.15) is 6.42 Å². The minimum atomic E-state index is -1.09. The molecular weight excluding hydrogens is 380 g/mol. The summed E-state index contributed by atoms with van der Waals surface area (Å²) in [6, 6.07) is 7.60. The van der Waals surface area contributed by atoms with Gasteiger partial charge in [0.2, 0.25) is 0 Å². The number of fused-ring (bicyclic) bond motifs is 1. The number of nitrogens with one attached hydrogen (secondary N) is 1. The predicted octanol–water partition coefficient (Wildman–Crippen LogP) is 3.42. The van der Waals surface area contributed by atoms with E-state index >= 15 is 0 Å². The average molecular weight is 409 g/mol. The molecule has 152 valence electrons. The zero-order valence-corrected chi connectivity index (χ0v) is 18.4. The van der Waals surface area contributed by atoms with Gasteiger partial charge in [0.15, 0.2) is 0 Å². The van der Waals surface area contributed by atoms with E-state index in [9.17, 15) is 5.26 Å². The van der Waals surface area contributed by atoms with Gasteiger partial charge in [-0.15, -0.1) is 0 Å². The maximum absolute atomic E-state index is 9.21. The van der Waals surface area contributed by atoms with Crippen molar-refractivity contribution in [3.63, 3.8) is 0 Å². The van der Waals surface area contributed by atoms with Crippen molar-refractivity contribution in [2.24, 2.45) is 0 Å². The summed E-state index contributed by atoms with van der Waals surface area (Å²) in [5.41, 5.74) is 2.69. The molecule has 0 aromatic carbocycles. The van der Waals surface area contributed by atoms with Crippen LogP contribution in [0.4, 0.5) is 0 Å². The Balaban J connectivity index is 1.55. The van der Waals surface area contributed by atoms with E-state index in [0.29, 0.717) is 13.2 Å². The van der Waals surface area contributed by atoms with Gasteiger partial charge in [-0.05, 0) is 18.2 Å². The Labute approximate surface area is 172 Å². The smallest absolute Gasteiger partial charge is 0.145 e. The molecule has 4 heterocycles. The maximum Gasteiger partial charge on any atom is 0.145 e. The van der Waals surface area contributed by atoms with E-state index in [1.54, 1.807) is 6.33 Å². The highest BCUT2D eigenvalue weighted by atomic mass is 28.3. The lowest BCUT2D eigenvalue weighted by atomic mass is 9.89. The first-order valence-corrected chi connectivity index (χ1v) is 13.8. The van der Waals surface area contributed by atoms with Gasteiger partial charge >= 0.3 is 0 Å². The Morgan fingerprint density at radius 1 is 1.24 bits per heavy atom. The number of aromatic nitrogens is 4. The molecule has 1 aliphatic heterocycles. The summed E-state index contributed by atoms with van der Waals surface area (Å²) in [6.07, 6.45) is 8.28. The van der Waals surface area contributed by atoms with Gasteiger partial charge in [-0.2, -0.15) is 5.26 Å². The molecule has 0 aliphatic carbocycles. The van der Waals surface area contributed by atoms with Crippen molar-refractivity contribution in [3.8, 4) is 17.3 Å². The largest absolute Gasteiger partial charge is 0.361 e. The monoisotopic (exact) mass is 408 g/mol. The number of hydrogen-bond acceptors (Lipinski definition) is 5. The molecule has 4 rings (SSSR count). The normalized spacial score (nSPS) is 15.9. The summed E-state index contributed by atoms with van der Waals surface area (Å²) in [5, 5.41) is 13.5. The average Bonchev–Trinajstić information content (AvgIpc) is 3.28. The Bertz CT molecular complexity index is 1040. The number of nitrogens with zero attached hydrogens (tertiary/aromatic N) is 5. The molecule has 3 aromatic heterocycles. The van der Waals surface area contributed by atoms with Crippen molar-refractivity contribution in [2.75, 3.05) is 19.7 Å². The molecule has 0 saturated carbocycles. The highest BCUT2D eigenvalue weighted by Crippen LogP contribution is 2.31. The van der Waals surface area contributed by atoms with Crippen LogP contribution in [0.3, 0.4) is 0 Å². The SMILES string of the molecule is C[Si](C)(C)CCOCn1ccc2c(-c3ccn(C4(CC#N)CNC4)c3)ncnc21. The van der Waals surface area contributed by atoms with E-state index in [1.165, 1.54) is 0 Å². The minimum Gasteiger partial charge on any atom is -0.361 e. The molecule has 0 atom stereocenters. The summed E-state index contributed by atoms with van der Waals surface area (Å²) < 4.78 is 10.1. The van der Waals surface area contributed by atoms with Gasteiger partial charge < -0.3 is 19.2 Å². The summed E-state index contributed by atoms with van der Waals surface area (Å²) in [4.78, 5) is 9.04. The second-order valence-corrected chi connectivity index (χ2v) is 14.7. The molecule has 7 nitrogen and oxygen atoms in total. The first-order valence-electron chi connectivity index (χ1n) is 10.1. The number of nitriles is 1. The van der Waals surface area contributed by atoms with Crippen molar-refractivity contribution in [2.45, 2.75) is 44.4 Å². The molecule has 1 fully saturated rings. The third kappa shape index (κ3) is 3.99. The fourth-order valence-corrected chi connectivity index (χ4v) is 4.43. The van der Waals surface area contributed by atoms with Crippen LogP contribution in [0.25, 0.3) is 22.3 Å². The van der Waals surface area contributed by atoms with Crippen molar-refractivity contribution >= 4 is 19.1 Å². The molecule has 0 bridgehead atoms. The zero-order valence-electron chi connectivity index (χ0n) is 17.4. The molecular formula is C21H28N6OSi. The number of rotatable bonds is 8. The van der Waals surface area contributed by atoms with Crippen molar-refractivity contribution in [1.82, 2.24) is 24.4 Å². The van der Waals surface area contributed by atoms with E-state index in [2.05, 4.69) is 70.1 Å². The molecule has 8 heteroatoms. The van der Waals surface area contributed by atoms with Gasteiger partial charge in [0.25, 0.3) is 0 Å². The van der Waals surface area contributed by atoms with E-state index in [4.69, 9.17) is 4.74 Å². The summed E-state index contributed by atoms with van der Waals surface area (Å²) in [7, 11) is -1.09. The number of hydrogen-bond donors (Lipinski definition) is 1. The van der Waals surface area contributed by atoms with Gasteiger partial charge in [0.05, 0.1) is 23.7 Å². The van der Waals surface area contributed by atoms with E-state index in [-0.39, 0.29) is 5.54 Å². The van der Waals surface area contributed by atoms with Crippen LogP contribution >= 0.6 is 0 Å². The summed E-state index contributed by atoms with van der Waals surface area (Å²) >= 11 is 0. The van der Waals surface area contributed by atoms with Gasteiger partial charge in [-0.1, -0.05) is 19.6 Å². The molecule has 0 spiro atoms. The molecule has 29 heavy (non-hydrogen) atoms. The van der Waals surface area contributed by atoms with Crippen LogP contribution in [0.15, 0.2) is 37.1 Å². The van der Waals surface area contributed by atoms with E-state index in [1.807, 2.05) is 10.8 Å². The summed E-state index contributed by atoms with van der Waals surface area (Å²) in [6.45, 7) is 9.99. The molecule has 1 aliphatic rings. The van der Waals surface area contributed by atoms with Crippen molar-refractivity contribution in [3.05, 3.63) is 37.1 Å². The highest BCUT2D eigenvalue weighted by molar-refractivity contribution is 6.76. The Hall–Kier alpha value is -2.47. The standard InChI is InChI=1S/C21H28N6OSi/c1-29(2,3)11-10-28-16-26-8-5-18-19(24-15-25-20(18)26)17-4-9-27(12-17)21(6-7-22)13-23-14-21/h4-5,8-9,12,15,23H,6,10-11,13-14,16H2,1-3H3. The van der Waals surface area contributed by atoms with E-state index in [0.717, 1.165) is 48.0 Å². The quantitative estimate of drug-likeness (QED) is 0.456. The Morgan fingerprint density at radius 2 is 2.07 bits per heavy atom. The summed E-state index contributed by atoms with van der Waals surface area (Å²) in [5.74, 6) is 0. The Kier molecular flexibility index (Phi) is 5.30. The zero-order chi connectivity index (χ0) is 20.5. The fraction of sp³-hybridized carbons (Fsp3) is 0.476. The predicted molar refractivity (Wildman–Crippen MR) is 116 cm³/mol. The van der Waals surface area contributed by atoms with E-state index < -0.39 is 8.07 Å². The van der Waals surface area contributed by atoms with Crippen LogP contribution in [0.2, 0.25) is 25.7 Å². The molecule has 1 saturated heterocycles. The minimum absolute atomic E-state index is 0.144. The molecule has 0 amide bonds. The van der Waals surface area contributed by atoms with Crippen LogP contribution in [0, 0.1) is 11.3 Å². The maximum atomic E-state index is 9.21. The third-order valence-corrected chi connectivity index (χ3v) is 7.32. The van der Waals surface area contributed by atoms with Crippen LogP contribution in [0.5, 0.6) is 0 Å². The molecule has 0 unspecified atom stereocenters.